The molecule has 0 aliphatic carbocycles. The summed E-state index contributed by atoms with van der Waals surface area (Å²) < 4.78 is 10.9. The molecule has 9 nitrogen and oxygen atoms in total. The van der Waals surface area contributed by atoms with Gasteiger partial charge < -0.3 is 19.7 Å². The van der Waals surface area contributed by atoms with E-state index in [2.05, 4.69) is 30.4 Å². The highest BCUT2D eigenvalue weighted by Crippen LogP contribution is 2.42. The topological polar surface area (TPSA) is 102 Å². The molecule has 0 aromatic carbocycles. The summed E-state index contributed by atoms with van der Waals surface area (Å²) >= 11 is 0. The SMILES string of the molecule is COc1cc(N2C[C@@H]3COC[C@]3(CNC(=O)c3ccnnc3)C2)ncn1. The summed E-state index contributed by atoms with van der Waals surface area (Å²) in [6, 6.07) is 3.48. The second-order valence-corrected chi connectivity index (χ2v) is 6.69. The summed E-state index contributed by atoms with van der Waals surface area (Å²) in [6.07, 6.45) is 4.47. The molecule has 2 atom stereocenters. The number of rotatable bonds is 5. The monoisotopic (exact) mass is 356 g/mol. The van der Waals surface area contributed by atoms with Crippen LogP contribution in [-0.2, 0) is 4.74 Å². The van der Waals surface area contributed by atoms with Gasteiger partial charge in [-0.2, -0.15) is 10.2 Å². The zero-order chi connectivity index (χ0) is 18.0. The van der Waals surface area contributed by atoms with Gasteiger partial charge in [-0.1, -0.05) is 0 Å². The van der Waals surface area contributed by atoms with E-state index in [1.807, 2.05) is 6.07 Å². The molecule has 2 saturated heterocycles. The van der Waals surface area contributed by atoms with E-state index in [4.69, 9.17) is 9.47 Å². The molecule has 2 aromatic heterocycles. The zero-order valence-electron chi connectivity index (χ0n) is 14.5. The lowest BCUT2D eigenvalue weighted by Gasteiger charge is -2.27. The number of nitrogens with zero attached hydrogens (tertiary/aromatic N) is 5. The molecule has 1 N–H and O–H groups in total. The molecule has 26 heavy (non-hydrogen) atoms. The number of anilines is 1. The fourth-order valence-corrected chi connectivity index (χ4v) is 3.65. The summed E-state index contributed by atoms with van der Waals surface area (Å²) in [4.78, 5) is 23.0. The first kappa shape index (κ1) is 16.6. The van der Waals surface area contributed by atoms with E-state index < -0.39 is 0 Å². The predicted octanol–water partition coefficient (Wildman–Crippen LogP) is 0.158. The predicted molar refractivity (Wildman–Crippen MR) is 91.9 cm³/mol. The Balaban J connectivity index is 1.47. The molecule has 0 radical (unpaired) electrons. The highest BCUT2D eigenvalue weighted by Gasteiger charge is 2.51. The maximum atomic E-state index is 12.4. The van der Waals surface area contributed by atoms with Crippen LogP contribution in [0.3, 0.4) is 0 Å². The molecule has 2 aromatic rings. The van der Waals surface area contributed by atoms with Gasteiger partial charge in [-0.3, -0.25) is 4.79 Å². The molecule has 2 aliphatic rings. The normalized spacial score (nSPS) is 24.3. The number of aromatic nitrogens is 4. The largest absolute Gasteiger partial charge is 0.481 e. The highest BCUT2D eigenvalue weighted by molar-refractivity contribution is 5.93. The molecule has 0 bridgehead atoms. The van der Waals surface area contributed by atoms with Crippen LogP contribution in [0.5, 0.6) is 5.88 Å². The average molecular weight is 356 g/mol. The fourth-order valence-electron chi connectivity index (χ4n) is 3.65. The molecule has 2 aliphatic heterocycles. The molecule has 0 spiro atoms. The lowest BCUT2D eigenvalue weighted by molar-refractivity contribution is 0.0919. The number of carbonyl (C=O) groups excluding carboxylic acids is 1. The summed E-state index contributed by atoms with van der Waals surface area (Å²) in [5.41, 5.74) is 0.371. The molecule has 2 fully saturated rings. The lowest BCUT2D eigenvalue weighted by atomic mass is 9.81. The molecule has 9 heteroatoms. The van der Waals surface area contributed by atoms with Crippen molar-refractivity contribution in [2.45, 2.75) is 0 Å². The fraction of sp³-hybridized carbons (Fsp3) is 0.471. The van der Waals surface area contributed by atoms with E-state index in [0.717, 1.165) is 18.9 Å². The Labute approximate surface area is 150 Å². The van der Waals surface area contributed by atoms with E-state index >= 15 is 0 Å². The summed E-state index contributed by atoms with van der Waals surface area (Å²) in [5.74, 6) is 1.55. The Morgan fingerprint density at radius 2 is 2.38 bits per heavy atom. The third-order valence-electron chi connectivity index (χ3n) is 5.13. The van der Waals surface area contributed by atoms with Crippen molar-refractivity contribution in [1.29, 1.82) is 0 Å². The minimum absolute atomic E-state index is 0.131. The van der Waals surface area contributed by atoms with Crippen molar-refractivity contribution in [1.82, 2.24) is 25.5 Å². The second-order valence-electron chi connectivity index (χ2n) is 6.69. The van der Waals surface area contributed by atoms with E-state index in [9.17, 15) is 4.79 Å². The minimum atomic E-state index is -0.151. The standard InChI is InChI=1S/C17H20N6O3/c1-25-15-4-14(19-11-20-15)23-6-13-7-26-10-17(13,9-23)8-18-16(24)12-2-3-21-22-5-12/h2-5,11,13H,6-10H2,1H3,(H,18,24)/t13-,17+/m1/s1. The van der Waals surface area contributed by atoms with E-state index in [-0.39, 0.29) is 11.3 Å². The van der Waals surface area contributed by atoms with Crippen LogP contribution < -0.4 is 15.0 Å². The van der Waals surface area contributed by atoms with Gasteiger partial charge in [0.05, 0.1) is 38.3 Å². The molecular formula is C17H20N6O3. The van der Waals surface area contributed by atoms with Crippen molar-refractivity contribution in [2.75, 3.05) is 44.9 Å². The smallest absolute Gasteiger partial charge is 0.252 e. The van der Waals surface area contributed by atoms with Gasteiger partial charge in [0.1, 0.15) is 12.1 Å². The average Bonchev–Trinajstić information content (AvgIpc) is 3.24. The third kappa shape index (κ3) is 3.05. The van der Waals surface area contributed by atoms with Crippen LogP contribution in [0, 0.1) is 11.3 Å². The number of amides is 1. The quantitative estimate of drug-likeness (QED) is 0.808. The van der Waals surface area contributed by atoms with Crippen LogP contribution in [0.4, 0.5) is 5.82 Å². The van der Waals surface area contributed by atoms with Crippen molar-refractivity contribution in [3.05, 3.63) is 36.4 Å². The number of nitrogens with one attached hydrogen (secondary N) is 1. The Bertz CT molecular complexity index is 789. The Hall–Kier alpha value is -2.81. The van der Waals surface area contributed by atoms with E-state index in [0.29, 0.717) is 37.1 Å². The van der Waals surface area contributed by atoms with Crippen LogP contribution in [-0.4, -0.2) is 66.0 Å². The second kappa shape index (κ2) is 6.83. The van der Waals surface area contributed by atoms with Crippen LogP contribution >= 0.6 is 0 Å². The zero-order valence-corrected chi connectivity index (χ0v) is 14.5. The number of fused-ring (bicyclic) bond motifs is 1. The maximum Gasteiger partial charge on any atom is 0.252 e. The summed E-state index contributed by atoms with van der Waals surface area (Å²) in [6.45, 7) is 3.42. The van der Waals surface area contributed by atoms with Crippen molar-refractivity contribution in [3.63, 3.8) is 0 Å². The molecule has 4 heterocycles. The first-order chi connectivity index (χ1) is 12.7. The third-order valence-corrected chi connectivity index (χ3v) is 5.13. The number of hydrogen-bond donors (Lipinski definition) is 1. The van der Waals surface area contributed by atoms with Gasteiger partial charge in [0.15, 0.2) is 0 Å². The Morgan fingerprint density at radius 3 is 3.19 bits per heavy atom. The summed E-state index contributed by atoms with van der Waals surface area (Å²) in [5, 5.41) is 10.5. The molecule has 0 unspecified atom stereocenters. The number of ether oxygens (including phenoxy) is 2. The molecule has 136 valence electrons. The molecule has 1 amide bonds. The van der Waals surface area contributed by atoms with Crippen molar-refractivity contribution in [2.24, 2.45) is 11.3 Å². The molecular weight excluding hydrogens is 336 g/mol. The van der Waals surface area contributed by atoms with Crippen molar-refractivity contribution < 1.29 is 14.3 Å². The van der Waals surface area contributed by atoms with E-state index in [1.165, 1.54) is 18.7 Å². The van der Waals surface area contributed by atoms with Crippen LogP contribution in [0.1, 0.15) is 10.4 Å². The minimum Gasteiger partial charge on any atom is -0.481 e. The van der Waals surface area contributed by atoms with Gasteiger partial charge in [-0.25, -0.2) is 9.97 Å². The first-order valence-electron chi connectivity index (χ1n) is 8.44. The van der Waals surface area contributed by atoms with Gasteiger partial charge in [0.2, 0.25) is 5.88 Å². The van der Waals surface area contributed by atoms with Gasteiger partial charge in [-0.15, -0.1) is 0 Å². The highest BCUT2D eigenvalue weighted by atomic mass is 16.5. The van der Waals surface area contributed by atoms with Crippen LogP contribution in [0.15, 0.2) is 30.9 Å². The Kier molecular flexibility index (Phi) is 4.37. The maximum absolute atomic E-state index is 12.4. The van der Waals surface area contributed by atoms with Gasteiger partial charge in [-0.05, 0) is 6.07 Å². The molecule has 4 rings (SSSR count). The van der Waals surface area contributed by atoms with Crippen molar-refractivity contribution in [3.8, 4) is 5.88 Å². The first-order valence-corrected chi connectivity index (χ1v) is 8.44. The number of methoxy groups -OCH3 is 1. The van der Waals surface area contributed by atoms with E-state index in [1.54, 1.807) is 13.2 Å². The van der Waals surface area contributed by atoms with Crippen molar-refractivity contribution >= 4 is 11.7 Å². The molecule has 0 saturated carbocycles. The van der Waals surface area contributed by atoms with Gasteiger partial charge in [0.25, 0.3) is 5.91 Å². The van der Waals surface area contributed by atoms with Gasteiger partial charge >= 0.3 is 0 Å². The lowest BCUT2D eigenvalue weighted by Crippen LogP contribution is -2.43. The number of hydrogen-bond acceptors (Lipinski definition) is 8. The Morgan fingerprint density at radius 1 is 1.46 bits per heavy atom. The number of carbonyl (C=O) groups is 1. The summed E-state index contributed by atoms with van der Waals surface area (Å²) in [7, 11) is 1.59. The van der Waals surface area contributed by atoms with Gasteiger partial charge in [0, 0.05) is 37.0 Å². The van der Waals surface area contributed by atoms with Crippen LogP contribution in [0.2, 0.25) is 0 Å². The van der Waals surface area contributed by atoms with Crippen LogP contribution in [0.25, 0.3) is 0 Å².